The molecule has 2 aliphatic rings. The standard InChI is InChI=1S/C16H23N3O3/c1-16(2)15(20)19(6-5-18(3)4)12-10-14-13(9-11(12)17-16)21-7-8-22-14/h9-10,17H,5-8H2,1-4H3. The molecule has 3 rings (SSSR count). The van der Waals surface area contributed by atoms with Crippen molar-refractivity contribution >= 4 is 17.3 Å². The van der Waals surface area contributed by atoms with E-state index in [0.29, 0.717) is 25.5 Å². The predicted molar refractivity (Wildman–Crippen MR) is 86.0 cm³/mol. The van der Waals surface area contributed by atoms with Crippen LogP contribution in [0.5, 0.6) is 11.5 Å². The molecule has 6 heteroatoms. The molecule has 0 atom stereocenters. The largest absolute Gasteiger partial charge is 0.486 e. The Kier molecular flexibility index (Phi) is 3.64. The van der Waals surface area contributed by atoms with E-state index in [-0.39, 0.29) is 5.91 Å². The maximum Gasteiger partial charge on any atom is 0.252 e. The summed E-state index contributed by atoms with van der Waals surface area (Å²) in [5.74, 6) is 1.50. The Hall–Kier alpha value is -1.95. The second kappa shape index (κ2) is 5.35. The quantitative estimate of drug-likeness (QED) is 0.918. The Labute approximate surface area is 131 Å². The Morgan fingerprint density at radius 2 is 1.86 bits per heavy atom. The minimum Gasteiger partial charge on any atom is -0.486 e. The van der Waals surface area contributed by atoms with Gasteiger partial charge in [-0.1, -0.05) is 0 Å². The van der Waals surface area contributed by atoms with Crippen LogP contribution in [0.25, 0.3) is 0 Å². The molecule has 120 valence electrons. The highest BCUT2D eigenvalue weighted by Gasteiger charge is 2.39. The minimum atomic E-state index is -0.636. The molecule has 1 amide bonds. The van der Waals surface area contributed by atoms with Crippen LogP contribution in [-0.4, -0.2) is 56.7 Å². The van der Waals surface area contributed by atoms with Crippen LogP contribution in [0.1, 0.15) is 13.8 Å². The summed E-state index contributed by atoms with van der Waals surface area (Å²) in [6.45, 7) is 6.34. The van der Waals surface area contributed by atoms with Gasteiger partial charge in [0.2, 0.25) is 0 Å². The van der Waals surface area contributed by atoms with Crippen molar-refractivity contribution in [1.29, 1.82) is 0 Å². The smallest absolute Gasteiger partial charge is 0.252 e. The summed E-state index contributed by atoms with van der Waals surface area (Å²) in [5.41, 5.74) is 1.13. The number of rotatable bonds is 3. The summed E-state index contributed by atoms with van der Waals surface area (Å²) in [4.78, 5) is 16.7. The fraction of sp³-hybridized carbons (Fsp3) is 0.562. The first kappa shape index (κ1) is 15.0. The van der Waals surface area contributed by atoms with Crippen molar-refractivity contribution < 1.29 is 14.3 Å². The van der Waals surface area contributed by atoms with Crippen LogP contribution >= 0.6 is 0 Å². The molecular weight excluding hydrogens is 282 g/mol. The van der Waals surface area contributed by atoms with Crippen LogP contribution in [0.3, 0.4) is 0 Å². The summed E-state index contributed by atoms with van der Waals surface area (Å²) >= 11 is 0. The molecule has 0 unspecified atom stereocenters. The average Bonchev–Trinajstić information content (AvgIpc) is 2.45. The maximum atomic E-state index is 12.8. The molecule has 0 saturated carbocycles. The second-order valence-corrected chi connectivity index (χ2v) is 6.52. The molecule has 0 radical (unpaired) electrons. The zero-order chi connectivity index (χ0) is 15.9. The van der Waals surface area contributed by atoms with Gasteiger partial charge in [-0.15, -0.1) is 0 Å². The Morgan fingerprint density at radius 1 is 1.23 bits per heavy atom. The minimum absolute atomic E-state index is 0.0681. The number of likely N-dealkylation sites (N-methyl/N-ethyl adjacent to an activating group) is 1. The molecule has 2 aliphatic heterocycles. The third kappa shape index (κ3) is 2.59. The lowest BCUT2D eigenvalue weighted by Gasteiger charge is -2.41. The van der Waals surface area contributed by atoms with Gasteiger partial charge in [-0.25, -0.2) is 0 Å². The second-order valence-electron chi connectivity index (χ2n) is 6.52. The zero-order valence-electron chi connectivity index (χ0n) is 13.6. The van der Waals surface area contributed by atoms with E-state index < -0.39 is 5.54 Å². The van der Waals surface area contributed by atoms with E-state index >= 15 is 0 Å². The van der Waals surface area contributed by atoms with Gasteiger partial charge in [-0.05, 0) is 27.9 Å². The Balaban J connectivity index is 2.01. The summed E-state index contributed by atoms with van der Waals surface area (Å²) in [6, 6.07) is 3.83. The molecule has 0 aliphatic carbocycles. The van der Waals surface area contributed by atoms with Crippen molar-refractivity contribution in [2.45, 2.75) is 19.4 Å². The van der Waals surface area contributed by atoms with E-state index in [1.165, 1.54) is 0 Å². The monoisotopic (exact) mass is 305 g/mol. The topological polar surface area (TPSA) is 54.0 Å². The molecule has 0 aromatic heterocycles. The van der Waals surface area contributed by atoms with Crippen molar-refractivity contribution in [3.63, 3.8) is 0 Å². The van der Waals surface area contributed by atoms with Gasteiger partial charge >= 0.3 is 0 Å². The predicted octanol–water partition coefficient (Wildman–Crippen LogP) is 1.56. The van der Waals surface area contributed by atoms with E-state index in [0.717, 1.165) is 23.7 Å². The van der Waals surface area contributed by atoms with Gasteiger partial charge < -0.3 is 24.6 Å². The van der Waals surface area contributed by atoms with E-state index in [1.807, 2.05) is 45.0 Å². The summed E-state index contributed by atoms with van der Waals surface area (Å²) < 4.78 is 11.3. The van der Waals surface area contributed by atoms with Gasteiger partial charge in [0.15, 0.2) is 11.5 Å². The Morgan fingerprint density at radius 3 is 2.50 bits per heavy atom. The summed E-state index contributed by atoms with van der Waals surface area (Å²) in [6.07, 6.45) is 0. The van der Waals surface area contributed by atoms with Crippen LogP contribution in [0.2, 0.25) is 0 Å². The highest BCUT2D eigenvalue weighted by atomic mass is 16.6. The van der Waals surface area contributed by atoms with Crippen LogP contribution in [0, 0.1) is 0 Å². The first-order valence-corrected chi connectivity index (χ1v) is 7.57. The number of fused-ring (bicyclic) bond motifs is 2. The molecule has 2 heterocycles. The lowest BCUT2D eigenvalue weighted by molar-refractivity contribution is -0.122. The lowest BCUT2D eigenvalue weighted by atomic mass is 9.97. The van der Waals surface area contributed by atoms with Gasteiger partial charge in [-0.2, -0.15) is 0 Å². The molecule has 0 saturated heterocycles. The van der Waals surface area contributed by atoms with Crippen molar-refractivity contribution in [3.05, 3.63) is 12.1 Å². The molecule has 0 bridgehead atoms. The fourth-order valence-electron chi connectivity index (χ4n) is 2.76. The van der Waals surface area contributed by atoms with Crippen molar-refractivity contribution in [1.82, 2.24) is 4.90 Å². The summed E-state index contributed by atoms with van der Waals surface area (Å²) in [7, 11) is 4.01. The number of benzene rings is 1. The van der Waals surface area contributed by atoms with Crippen LogP contribution in [0.4, 0.5) is 11.4 Å². The number of amides is 1. The number of carbonyl (C=O) groups is 1. The molecule has 1 aromatic rings. The molecule has 6 nitrogen and oxygen atoms in total. The third-order valence-electron chi connectivity index (χ3n) is 3.95. The van der Waals surface area contributed by atoms with Crippen molar-refractivity contribution in [2.75, 3.05) is 50.6 Å². The van der Waals surface area contributed by atoms with E-state index in [1.54, 1.807) is 0 Å². The zero-order valence-corrected chi connectivity index (χ0v) is 13.6. The van der Waals surface area contributed by atoms with E-state index in [4.69, 9.17) is 9.47 Å². The highest BCUT2D eigenvalue weighted by Crippen LogP contribution is 2.43. The van der Waals surface area contributed by atoms with Gasteiger partial charge in [0.05, 0.1) is 11.4 Å². The number of nitrogens with one attached hydrogen (secondary N) is 1. The molecular formula is C16H23N3O3. The fourth-order valence-corrected chi connectivity index (χ4v) is 2.76. The van der Waals surface area contributed by atoms with Gasteiger partial charge in [-0.3, -0.25) is 4.79 Å². The van der Waals surface area contributed by atoms with Gasteiger partial charge in [0.25, 0.3) is 5.91 Å². The maximum absolute atomic E-state index is 12.8. The molecule has 1 aromatic carbocycles. The van der Waals surface area contributed by atoms with Crippen LogP contribution in [0.15, 0.2) is 12.1 Å². The molecule has 22 heavy (non-hydrogen) atoms. The summed E-state index contributed by atoms with van der Waals surface area (Å²) in [5, 5.41) is 3.31. The number of carbonyl (C=O) groups excluding carboxylic acids is 1. The van der Waals surface area contributed by atoms with Crippen molar-refractivity contribution in [2.24, 2.45) is 0 Å². The van der Waals surface area contributed by atoms with Crippen molar-refractivity contribution in [3.8, 4) is 11.5 Å². The third-order valence-corrected chi connectivity index (χ3v) is 3.95. The number of anilines is 2. The number of nitrogens with zero attached hydrogens (tertiary/aromatic N) is 2. The van der Waals surface area contributed by atoms with Crippen LogP contribution < -0.4 is 19.7 Å². The average molecular weight is 305 g/mol. The lowest BCUT2D eigenvalue weighted by Crippen LogP contribution is -2.55. The van der Waals surface area contributed by atoms with E-state index in [2.05, 4.69) is 10.2 Å². The number of ether oxygens (including phenoxy) is 2. The Bertz CT molecular complexity index is 599. The first-order valence-electron chi connectivity index (χ1n) is 7.57. The number of hydrogen-bond acceptors (Lipinski definition) is 5. The molecule has 0 spiro atoms. The first-order chi connectivity index (χ1) is 10.4. The number of hydrogen-bond donors (Lipinski definition) is 1. The molecule has 1 N–H and O–H groups in total. The van der Waals surface area contributed by atoms with Gasteiger partial charge in [0, 0.05) is 25.2 Å². The normalized spacial score (nSPS) is 19.0. The highest BCUT2D eigenvalue weighted by molar-refractivity contribution is 6.07. The van der Waals surface area contributed by atoms with Crippen LogP contribution in [-0.2, 0) is 4.79 Å². The van der Waals surface area contributed by atoms with Gasteiger partial charge in [0.1, 0.15) is 18.8 Å². The SMILES string of the molecule is CN(C)CCN1C(=O)C(C)(C)Nc2cc3c(cc21)OCCO3. The van der Waals surface area contributed by atoms with E-state index in [9.17, 15) is 4.79 Å². The molecule has 0 fully saturated rings.